The van der Waals surface area contributed by atoms with Gasteiger partial charge in [0.1, 0.15) is 67.1 Å². The van der Waals surface area contributed by atoms with Crippen molar-refractivity contribution in [3.63, 3.8) is 0 Å². The van der Waals surface area contributed by atoms with Gasteiger partial charge in [0.15, 0.2) is 18.9 Å². The molecule has 380 valence electrons. The molecule has 4 saturated heterocycles. The van der Waals surface area contributed by atoms with E-state index >= 15 is 0 Å². The molecule has 0 aromatic heterocycles. The summed E-state index contributed by atoms with van der Waals surface area (Å²) in [6.07, 6.45) is -16.3. The third-order valence-corrected chi connectivity index (χ3v) is 19.9. The van der Waals surface area contributed by atoms with Gasteiger partial charge in [0.2, 0.25) is 0 Å². The molecular weight excluding hydrogens is 868 g/mol. The Hall–Kier alpha value is -0.760. The molecule has 66 heavy (non-hydrogen) atoms. The molecule has 0 amide bonds. The summed E-state index contributed by atoms with van der Waals surface area (Å²) in [5.41, 5.74) is -3.88. The zero-order valence-electron chi connectivity index (χ0n) is 39.3. The van der Waals surface area contributed by atoms with Crippen LogP contribution in [0.1, 0.15) is 106 Å². The highest BCUT2D eigenvalue weighted by molar-refractivity contribution is 5.33. The molecule has 12 N–H and O–H groups in total. The molecule has 0 bridgehead atoms. The minimum Gasteiger partial charge on any atom is -0.394 e. The Balaban J connectivity index is 1.01. The lowest BCUT2D eigenvalue weighted by molar-refractivity contribution is -0.339. The molecule has 19 heteroatoms. The average molecular weight is 947 g/mol. The Morgan fingerprint density at radius 1 is 0.591 bits per heavy atom. The van der Waals surface area contributed by atoms with Crippen LogP contribution in [0.15, 0.2) is 0 Å². The molecule has 0 radical (unpaired) electrons. The van der Waals surface area contributed by atoms with Crippen molar-refractivity contribution in [1.29, 1.82) is 0 Å². The Bertz CT molecular complexity index is 1770. The van der Waals surface area contributed by atoms with E-state index in [0.29, 0.717) is 32.1 Å². The Labute approximate surface area is 386 Å². The van der Waals surface area contributed by atoms with Crippen molar-refractivity contribution >= 4 is 0 Å². The molecule has 4 aliphatic heterocycles. The third kappa shape index (κ3) is 7.22. The van der Waals surface area contributed by atoms with E-state index in [4.69, 9.17) is 33.2 Å². The first-order chi connectivity index (χ1) is 30.8. The summed E-state index contributed by atoms with van der Waals surface area (Å²) in [6, 6.07) is 0. The number of aliphatic hydroxyl groups is 12. The Morgan fingerprint density at radius 3 is 1.83 bits per heavy atom. The molecule has 0 aromatic carbocycles. The van der Waals surface area contributed by atoms with Crippen molar-refractivity contribution in [1.82, 2.24) is 0 Å². The van der Waals surface area contributed by atoms with Crippen LogP contribution in [0.5, 0.6) is 0 Å². The van der Waals surface area contributed by atoms with Crippen LogP contribution >= 0.6 is 0 Å². The summed E-state index contributed by atoms with van der Waals surface area (Å²) in [6.45, 7) is 13.0. The van der Waals surface area contributed by atoms with E-state index in [1.165, 1.54) is 0 Å². The fraction of sp³-hybridized carbons (Fsp3) is 1.00. The summed E-state index contributed by atoms with van der Waals surface area (Å²) >= 11 is 0. The lowest BCUT2D eigenvalue weighted by Gasteiger charge is -2.65. The van der Waals surface area contributed by atoms with Gasteiger partial charge in [0, 0.05) is 5.92 Å². The number of fused-ring (bicyclic) bond motifs is 2. The van der Waals surface area contributed by atoms with Gasteiger partial charge in [-0.2, -0.15) is 0 Å². The SMILES string of the molecule is CC(C)(O[C@@H]1O[C@H](CO)[C@@H](O)[C@H](O)[C@H]1O)C1CCC(C)(C2C(O)C[C@@]3(C)C4C[C@H](O[C@@H]5O[C@H](CO)[C@@H](O)[C@H](O)[C@H]5O)C5C(C)(C)C(O[C@@H]6OC[C@@H](O)[C@H](O)[C@H]6O)CCC56CC46CC[C@]23C)O1. The average Bonchev–Trinajstić information content (AvgIpc) is 3.63. The molecule has 26 atom stereocenters. The van der Waals surface area contributed by atoms with Crippen LogP contribution in [0.4, 0.5) is 0 Å². The van der Waals surface area contributed by atoms with Gasteiger partial charge in [0.25, 0.3) is 0 Å². The van der Waals surface area contributed by atoms with Gasteiger partial charge >= 0.3 is 0 Å². The maximum Gasteiger partial charge on any atom is 0.187 e. The quantitative estimate of drug-likeness (QED) is 0.112. The van der Waals surface area contributed by atoms with E-state index in [1.807, 2.05) is 13.8 Å². The van der Waals surface area contributed by atoms with Crippen LogP contribution in [0.3, 0.4) is 0 Å². The van der Waals surface area contributed by atoms with Gasteiger partial charge in [0.05, 0.1) is 55.4 Å². The number of rotatable bonds is 10. The van der Waals surface area contributed by atoms with Crippen LogP contribution < -0.4 is 0 Å². The second kappa shape index (κ2) is 16.9. The third-order valence-electron chi connectivity index (χ3n) is 19.9. The number of hydrogen-bond acceptors (Lipinski definition) is 19. The van der Waals surface area contributed by atoms with Crippen LogP contribution in [-0.2, 0) is 33.2 Å². The van der Waals surface area contributed by atoms with Crippen LogP contribution in [0.25, 0.3) is 0 Å². The van der Waals surface area contributed by atoms with Crippen molar-refractivity contribution in [3.05, 3.63) is 0 Å². The van der Waals surface area contributed by atoms with Crippen LogP contribution in [0.2, 0.25) is 0 Å². The second-order valence-electron chi connectivity index (χ2n) is 23.8. The van der Waals surface area contributed by atoms with Gasteiger partial charge in [-0.3, -0.25) is 0 Å². The minimum atomic E-state index is -1.65. The standard InChI is InChI=1S/C47H78O19/c1-41(2)26(64-38-33(57)28(52)21(51)18-60-38)9-11-47-19-46(47)13-12-43(5)36(45(7)10-8-27(65-45)42(3,4)66-40-35(59)32(56)30(54)24(17-49)63-40)20(50)15-44(43,6)25(46)14-22(37(41)47)61-39-34(58)31(55)29(53)23(16-48)62-39/h20-40,48-59H,8-19H2,1-7H3/t20?,21-,22+,23-,24-,25?,26?,27?,28+,29-,30-,31+,32+,33-,34-,35-,36?,37?,38+,39-,40+,43-,44+,45?,46?,47?/m1/s1. The van der Waals surface area contributed by atoms with Gasteiger partial charge < -0.3 is 94.4 Å². The summed E-state index contributed by atoms with van der Waals surface area (Å²) in [7, 11) is 0. The smallest absolute Gasteiger partial charge is 0.187 e. The van der Waals surface area contributed by atoms with Crippen molar-refractivity contribution in [2.45, 2.75) is 228 Å². The molecular formula is C47H78O19. The van der Waals surface area contributed by atoms with Crippen LogP contribution in [0, 0.1) is 44.8 Å². The molecule has 9 rings (SSSR count). The van der Waals surface area contributed by atoms with Gasteiger partial charge in [-0.25, -0.2) is 0 Å². The highest BCUT2D eigenvalue weighted by atomic mass is 16.7. The first-order valence-electron chi connectivity index (χ1n) is 24.4. The first kappa shape index (κ1) is 50.2. The van der Waals surface area contributed by atoms with E-state index in [2.05, 4.69) is 34.6 Å². The maximum atomic E-state index is 12.5. The van der Waals surface area contributed by atoms with Crippen molar-refractivity contribution < 1.29 is 94.4 Å². The monoisotopic (exact) mass is 947 g/mol. The normalized spacial score (nSPS) is 58.0. The minimum absolute atomic E-state index is 0.00898. The van der Waals surface area contributed by atoms with Crippen molar-refractivity contribution in [3.8, 4) is 0 Å². The van der Waals surface area contributed by atoms with Gasteiger partial charge in [-0.05, 0) is 117 Å². The highest BCUT2D eigenvalue weighted by Crippen LogP contribution is 2.89. The van der Waals surface area contributed by atoms with E-state index < -0.39 is 151 Å². The molecule has 19 nitrogen and oxygen atoms in total. The van der Waals surface area contributed by atoms with E-state index in [1.54, 1.807) is 0 Å². The zero-order chi connectivity index (χ0) is 48.1. The van der Waals surface area contributed by atoms with E-state index in [9.17, 15) is 61.3 Å². The van der Waals surface area contributed by atoms with Crippen LogP contribution in [-0.4, -0.2) is 203 Å². The summed E-state index contributed by atoms with van der Waals surface area (Å²) in [5.74, 6) is -0.523. The first-order valence-corrected chi connectivity index (χ1v) is 24.4. The highest BCUT2D eigenvalue weighted by Gasteiger charge is 2.85. The maximum absolute atomic E-state index is 12.5. The topological polar surface area (TPSA) is 307 Å². The molecule has 0 aromatic rings. The summed E-state index contributed by atoms with van der Waals surface area (Å²) in [5, 5.41) is 129. The summed E-state index contributed by atoms with van der Waals surface area (Å²) < 4.78 is 44.3. The number of hydrogen-bond donors (Lipinski definition) is 12. The number of aliphatic hydroxyl groups excluding tert-OH is 12. The second-order valence-corrected chi connectivity index (χ2v) is 23.8. The largest absolute Gasteiger partial charge is 0.394 e. The lowest BCUT2D eigenvalue weighted by Crippen LogP contribution is -2.65. The van der Waals surface area contributed by atoms with E-state index in [0.717, 1.165) is 25.7 Å². The molecule has 2 spiro atoms. The van der Waals surface area contributed by atoms with Crippen molar-refractivity contribution in [2.24, 2.45) is 44.8 Å². The Kier molecular flexibility index (Phi) is 12.9. The lowest BCUT2D eigenvalue weighted by atomic mass is 9.41. The molecule has 5 saturated carbocycles. The molecule has 9 fully saturated rings. The van der Waals surface area contributed by atoms with E-state index in [-0.39, 0.29) is 35.2 Å². The summed E-state index contributed by atoms with van der Waals surface area (Å²) in [4.78, 5) is 0. The van der Waals surface area contributed by atoms with Gasteiger partial charge in [-0.1, -0.05) is 27.7 Å². The molecule has 9 aliphatic rings. The fourth-order valence-corrected chi connectivity index (χ4v) is 16.4. The fourth-order valence-electron chi connectivity index (χ4n) is 16.4. The predicted molar refractivity (Wildman–Crippen MR) is 226 cm³/mol. The zero-order valence-corrected chi connectivity index (χ0v) is 39.3. The molecule has 4 heterocycles. The molecule has 9 unspecified atom stereocenters. The molecule has 5 aliphatic carbocycles. The van der Waals surface area contributed by atoms with Crippen molar-refractivity contribution in [2.75, 3.05) is 19.8 Å². The Morgan fingerprint density at radius 2 is 1.20 bits per heavy atom. The number of ether oxygens (including phenoxy) is 7. The van der Waals surface area contributed by atoms with Gasteiger partial charge in [-0.15, -0.1) is 0 Å². The predicted octanol–water partition coefficient (Wildman–Crippen LogP) is -1.45.